The lowest BCUT2D eigenvalue weighted by atomic mass is 10.3. The molecule has 1 rings (SSSR count). The number of alkyl halides is 3. The molecule has 0 atom stereocenters. The maximum Gasteiger partial charge on any atom is 0.411 e. The van der Waals surface area contributed by atoms with Gasteiger partial charge in [0.1, 0.15) is 24.8 Å². The summed E-state index contributed by atoms with van der Waals surface area (Å²) >= 11 is 2.93. The van der Waals surface area contributed by atoms with E-state index in [4.69, 9.17) is 10.5 Å². The molecule has 0 unspecified atom stereocenters. The van der Waals surface area contributed by atoms with Crippen molar-refractivity contribution < 1.29 is 27.0 Å². The van der Waals surface area contributed by atoms with Crippen molar-refractivity contribution in [3.05, 3.63) is 22.4 Å². The zero-order chi connectivity index (χ0) is 13.8. The maximum absolute atomic E-state index is 13.1. The summed E-state index contributed by atoms with van der Waals surface area (Å²) in [6, 6.07) is 2.35. The standard InChI is InChI=1S/C10H10BrF4NO2/c11-6-3-8(16)9(4-7(6)12)18-2-1-17-5-10(13,14)15/h3-4H,1-2,5,16H2. The molecule has 2 N–H and O–H groups in total. The van der Waals surface area contributed by atoms with Gasteiger partial charge in [0.2, 0.25) is 0 Å². The second-order valence-corrected chi connectivity index (χ2v) is 4.17. The number of ether oxygens (including phenoxy) is 2. The Kier molecular flexibility index (Phi) is 5.21. The van der Waals surface area contributed by atoms with Crippen LogP contribution in [0.25, 0.3) is 0 Å². The number of hydrogen-bond donors (Lipinski definition) is 1. The first-order valence-corrected chi connectivity index (χ1v) is 5.60. The van der Waals surface area contributed by atoms with Gasteiger partial charge >= 0.3 is 6.18 Å². The number of nitrogens with two attached hydrogens (primary N) is 1. The van der Waals surface area contributed by atoms with Crippen LogP contribution < -0.4 is 10.5 Å². The second kappa shape index (κ2) is 6.24. The second-order valence-electron chi connectivity index (χ2n) is 3.32. The van der Waals surface area contributed by atoms with E-state index < -0.39 is 18.6 Å². The molecular formula is C10H10BrF4NO2. The van der Waals surface area contributed by atoms with Crippen LogP contribution in [0.5, 0.6) is 5.75 Å². The van der Waals surface area contributed by atoms with Gasteiger partial charge < -0.3 is 15.2 Å². The van der Waals surface area contributed by atoms with Crippen LogP contribution in [0.15, 0.2) is 16.6 Å². The lowest BCUT2D eigenvalue weighted by molar-refractivity contribution is -0.175. The lowest BCUT2D eigenvalue weighted by Gasteiger charge is -2.11. The van der Waals surface area contributed by atoms with Crippen molar-refractivity contribution in [1.82, 2.24) is 0 Å². The molecule has 0 amide bonds. The summed E-state index contributed by atoms with van der Waals surface area (Å²) in [6.45, 7) is -1.77. The molecule has 0 saturated heterocycles. The minimum absolute atomic E-state index is 0.0614. The van der Waals surface area contributed by atoms with Gasteiger partial charge in [-0.3, -0.25) is 0 Å². The van der Waals surface area contributed by atoms with E-state index in [1.807, 2.05) is 0 Å². The van der Waals surface area contributed by atoms with E-state index in [2.05, 4.69) is 20.7 Å². The lowest BCUT2D eigenvalue weighted by Crippen LogP contribution is -2.19. The van der Waals surface area contributed by atoms with Crippen molar-refractivity contribution in [2.75, 3.05) is 25.6 Å². The summed E-state index contributed by atoms with van der Waals surface area (Å²) in [4.78, 5) is 0. The van der Waals surface area contributed by atoms with Crippen molar-refractivity contribution in [2.45, 2.75) is 6.18 Å². The molecule has 1 aromatic carbocycles. The van der Waals surface area contributed by atoms with Gasteiger partial charge in [0.15, 0.2) is 0 Å². The quantitative estimate of drug-likeness (QED) is 0.512. The van der Waals surface area contributed by atoms with Crippen molar-refractivity contribution >= 4 is 21.6 Å². The molecule has 0 aliphatic carbocycles. The van der Waals surface area contributed by atoms with Crippen LogP contribution >= 0.6 is 15.9 Å². The Morgan fingerprint density at radius 2 is 1.89 bits per heavy atom. The fourth-order valence-electron chi connectivity index (χ4n) is 1.07. The van der Waals surface area contributed by atoms with Crippen LogP contribution in [0.2, 0.25) is 0 Å². The fourth-order valence-corrected chi connectivity index (χ4v) is 1.43. The molecule has 18 heavy (non-hydrogen) atoms. The van der Waals surface area contributed by atoms with Gasteiger partial charge in [0, 0.05) is 6.07 Å². The molecule has 0 saturated carbocycles. The highest BCUT2D eigenvalue weighted by atomic mass is 79.9. The minimum Gasteiger partial charge on any atom is -0.489 e. The molecule has 0 aromatic heterocycles. The first-order chi connectivity index (χ1) is 8.29. The Bertz CT molecular complexity index is 412. The van der Waals surface area contributed by atoms with Gasteiger partial charge in [0.25, 0.3) is 0 Å². The van der Waals surface area contributed by atoms with Crippen molar-refractivity contribution in [2.24, 2.45) is 0 Å². The molecule has 0 heterocycles. The van der Waals surface area contributed by atoms with Crippen LogP contribution in [-0.4, -0.2) is 26.0 Å². The average molecular weight is 332 g/mol. The Morgan fingerprint density at radius 1 is 1.22 bits per heavy atom. The molecule has 8 heteroatoms. The number of hydrogen-bond acceptors (Lipinski definition) is 3. The van der Waals surface area contributed by atoms with E-state index in [9.17, 15) is 17.6 Å². The maximum atomic E-state index is 13.1. The summed E-state index contributed by atoms with van der Waals surface area (Å²) in [5.74, 6) is -0.512. The van der Waals surface area contributed by atoms with Crippen molar-refractivity contribution in [3.63, 3.8) is 0 Å². The Labute approximate surface area is 109 Å². The number of halogens is 5. The van der Waals surface area contributed by atoms with E-state index >= 15 is 0 Å². The van der Waals surface area contributed by atoms with Gasteiger partial charge in [-0.05, 0) is 22.0 Å². The number of benzene rings is 1. The summed E-state index contributed by atoms with van der Waals surface area (Å²) in [5, 5.41) is 0. The number of nitrogen functional groups attached to an aromatic ring is 1. The SMILES string of the molecule is Nc1cc(Br)c(F)cc1OCCOCC(F)(F)F. The van der Waals surface area contributed by atoms with Gasteiger partial charge in [-0.2, -0.15) is 13.2 Å². The van der Waals surface area contributed by atoms with Gasteiger partial charge in [-0.1, -0.05) is 0 Å². The zero-order valence-electron chi connectivity index (χ0n) is 9.06. The Balaban J connectivity index is 2.38. The highest BCUT2D eigenvalue weighted by Gasteiger charge is 2.27. The van der Waals surface area contributed by atoms with Crippen molar-refractivity contribution in [1.29, 1.82) is 0 Å². The molecule has 0 aliphatic heterocycles. The third-order valence-corrected chi connectivity index (χ3v) is 2.41. The van der Waals surface area contributed by atoms with E-state index in [1.54, 1.807) is 0 Å². The number of rotatable bonds is 5. The van der Waals surface area contributed by atoms with Crippen molar-refractivity contribution in [3.8, 4) is 5.75 Å². The Hall–Kier alpha value is -1.02. The van der Waals surface area contributed by atoms with E-state index in [0.29, 0.717) is 0 Å². The molecule has 0 aliphatic rings. The van der Waals surface area contributed by atoms with Crippen LogP contribution in [0, 0.1) is 5.82 Å². The normalized spacial score (nSPS) is 11.6. The van der Waals surface area contributed by atoms with E-state index in [0.717, 1.165) is 6.07 Å². The van der Waals surface area contributed by atoms with Gasteiger partial charge in [0.05, 0.1) is 16.8 Å². The molecule has 0 spiro atoms. The first kappa shape index (κ1) is 15.0. The third kappa shape index (κ3) is 5.09. The summed E-state index contributed by atoms with van der Waals surface area (Å²) in [6.07, 6.45) is -4.37. The molecular weight excluding hydrogens is 322 g/mol. The third-order valence-electron chi connectivity index (χ3n) is 1.80. The topological polar surface area (TPSA) is 44.5 Å². The summed E-state index contributed by atoms with van der Waals surface area (Å²) in [7, 11) is 0. The molecule has 1 aromatic rings. The fraction of sp³-hybridized carbons (Fsp3) is 0.400. The van der Waals surface area contributed by atoms with E-state index in [-0.39, 0.29) is 29.1 Å². The minimum atomic E-state index is -4.37. The van der Waals surface area contributed by atoms with Crippen LogP contribution in [-0.2, 0) is 4.74 Å². The predicted molar refractivity (Wildman–Crippen MR) is 60.9 cm³/mol. The highest BCUT2D eigenvalue weighted by molar-refractivity contribution is 9.10. The smallest absolute Gasteiger partial charge is 0.411 e. The predicted octanol–water partition coefficient (Wildman–Crippen LogP) is 3.13. The first-order valence-electron chi connectivity index (χ1n) is 4.81. The van der Waals surface area contributed by atoms with Crippen LogP contribution in [0.4, 0.5) is 23.2 Å². The summed E-state index contributed by atoms with van der Waals surface area (Å²) in [5.41, 5.74) is 5.71. The monoisotopic (exact) mass is 331 g/mol. The average Bonchev–Trinajstić information content (AvgIpc) is 2.23. The summed E-state index contributed by atoms with van der Waals surface area (Å²) < 4.78 is 57.8. The molecule has 3 nitrogen and oxygen atoms in total. The van der Waals surface area contributed by atoms with Crippen LogP contribution in [0.1, 0.15) is 0 Å². The highest BCUT2D eigenvalue weighted by Crippen LogP contribution is 2.28. The van der Waals surface area contributed by atoms with Crippen LogP contribution in [0.3, 0.4) is 0 Å². The zero-order valence-corrected chi connectivity index (χ0v) is 10.6. The molecule has 0 radical (unpaired) electrons. The van der Waals surface area contributed by atoms with Gasteiger partial charge in [-0.25, -0.2) is 4.39 Å². The largest absolute Gasteiger partial charge is 0.489 e. The number of anilines is 1. The van der Waals surface area contributed by atoms with Gasteiger partial charge in [-0.15, -0.1) is 0 Å². The molecule has 102 valence electrons. The Morgan fingerprint density at radius 3 is 2.50 bits per heavy atom. The molecule has 0 fully saturated rings. The molecule has 0 bridgehead atoms. The van der Waals surface area contributed by atoms with E-state index in [1.165, 1.54) is 6.07 Å².